The highest BCUT2D eigenvalue weighted by atomic mass is 14.9. The van der Waals surface area contributed by atoms with Crippen LogP contribution in [0.5, 0.6) is 0 Å². The molecule has 2 atom stereocenters. The van der Waals surface area contributed by atoms with E-state index in [0.717, 1.165) is 12.0 Å². The van der Waals surface area contributed by atoms with E-state index in [9.17, 15) is 0 Å². The number of nitrogens with one attached hydrogen (secondary N) is 2. The number of hydrogen-bond donors (Lipinski definition) is 2. The van der Waals surface area contributed by atoms with Crippen LogP contribution in [-0.4, -0.2) is 25.2 Å². The lowest BCUT2D eigenvalue weighted by Crippen LogP contribution is -2.38. The Balaban J connectivity index is 1.59. The molecule has 2 fully saturated rings. The van der Waals surface area contributed by atoms with E-state index in [-0.39, 0.29) is 0 Å². The summed E-state index contributed by atoms with van der Waals surface area (Å²) in [7, 11) is 0. The van der Waals surface area contributed by atoms with Crippen molar-refractivity contribution in [2.24, 2.45) is 5.92 Å². The highest BCUT2D eigenvalue weighted by Gasteiger charge is 2.18. The van der Waals surface area contributed by atoms with Crippen molar-refractivity contribution >= 4 is 0 Å². The van der Waals surface area contributed by atoms with Crippen LogP contribution < -0.4 is 10.6 Å². The number of rotatable bonds is 5. The third-order valence-electron chi connectivity index (χ3n) is 4.53. The zero-order chi connectivity index (χ0) is 11.9. The maximum absolute atomic E-state index is 3.75. The highest BCUT2D eigenvalue weighted by molar-refractivity contribution is 4.77. The minimum Gasteiger partial charge on any atom is -0.314 e. The summed E-state index contributed by atoms with van der Waals surface area (Å²) in [6, 6.07) is 1.45. The van der Waals surface area contributed by atoms with Crippen LogP contribution in [0.4, 0.5) is 0 Å². The smallest absolute Gasteiger partial charge is 0.00817 e. The maximum Gasteiger partial charge on any atom is 0.00817 e. The van der Waals surface area contributed by atoms with Gasteiger partial charge in [0.2, 0.25) is 0 Å². The molecule has 1 aliphatic heterocycles. The minimum atomic E-state index is 0.686. The molecule has 2 unspecified atom stereocenters. The Hall–Kier alpha value is -0.0800. The van der Waals surface area contributed by atoms with Crippen LogP contribution in [0, 0.1) is 5.92 Å². The fraction of sp³-hybridized carbons (Fsp3) is 1.00. The van der Waals surface area contributed by atoms with Gasteiger partial charge in [0.25, 0.3) is 0 Å². The molecule has 2 aliphatic rings. The first-order valence-corrected chi connectivity index (χ1v) is 7.81. The van der Waals surface area contributed by atoms with Crippen molar-refractivity contribution < 1.29 is 0 Å². The molecule has 1 heterocycles. The number of hydrogen-bond acceptors (Lipinski definition) is 2. The second-order valence-electron chi connectivity index (χ2n) is 6.20. The standard InChI is InChI=1S/C15H30N2/c1-13(17-12-14-7-4-5-8-14)11-15-9-3-2-6-10-16-15/h13-17H,2-12H2,1H3. The molecule has 17 heavy (non-hydrogen) atoms. The molecular formula is C15H30N2. The van der Waals surface area contributed by atoms with Crippen LogP contribution in [0.25, 0.3) is 0 Å². The van der Waals surface area contributed by atoms with Gasteiger partial charge in [-0.3, -0.25) is 0 Å². The van der Waals surface area contributed by atoms with Crippen molar-refractivity contribution in [3.63, 3.8) is 0 Å². The Bertz CT molecular complexity index is 191. The van der Waals surface area contributed by atoms with Crippen molar-refractivity contribution in [1.29, 1.82) is 0 Å². The van der Waals surface area contributed by atoms with Crippen molar-refractivity contribution in [2.45, 2.75) is 76.8 Å². The van der Waals surface area contributed by atoms with Gasteiger partial charge in [0.15, 0.2) is 0 Å². The molecule has 2 rings (SSSR count). The van der Waals surface area contributed by atoms with Crippen molar-refractivity contribution in [3.8, 4) is 0 Å². The quantitative estimate of drug-likeness (QED) is 0.769. The normalized spacial score (nSPS) is 29.1. The van der Waals surface area contributed by atoms with Gasteiger partial charge in [-0.05, 0) is 58.0 Å². The third-order valence-corrected chi connectivity index (χ3v) is 4.53. The minimum absolute atomic E-state index is 0.686. The van der Waals surface area contributed by atoms with E-state index in [1.807, 2.05) is 0 Å². The van der Waals surface area contributed by atoms with E-state index in [0.29, 0.717) is 6.04 Å². The Kier molecular flexibility index (Phi) is 5.79. The summed E-state index contributed by atoms with van der Waals surface area (Å²) in [5.74, 6) is 0.972. The van der Waals surface area contributed by atoms with Crippen molar-refractivity contribution in [1.82, 2.24) is 10.6 Å². The largest absolute Gasteiger partial charge is 0.314 e. The highest BCUT2D eigenvalue weighted by Crippen LogP contribution is 2.24. The van der Waals surface area contributed by atoms with Gasteiger partial charge in [-0.15, -0.1) is 0 Å². The molecule has 0 amide bonds. The molecule has 2 N–H and O–H groups in total. The monoisotopic (exact) mass is 238 g/mol. The van der Waals surface area contributed by atoms with Crippen LogP contribution in [-0.2, 0) is 0 Å². The van der Waals surface area contributed by atoms with E-state index < -0.39 is 0 Å². The summed E-state index contributed by atoms with van der Waals surface area (Å²) in [5.41, 5.74) is 0. The van der Waals surface area contributed by atoms with Crippen LogP contribution in [0.1, 0.15) is 64.7 Å². The van der Waals surface area contributed by atoms with E-state index in [1.54, 1.807) is 0 Å². The fourth-order valence-electron chi connectivity index (χ4n) is 3.39. The SMILES string of the molecule is CC(CC1CCCCCN1)NCC1CCCC1. The van der Waals surface area contributed by atoms with Crippen LogP contribution in [0.2, 0.25) is 0 Å². The lowest BCUT2D eigenvalue weighted by atomic mass is 10.0. The average Bonchev–Trinajstić information content (AvgIpc) is 2.72. The third kappa shape index (κ3) is 4.97. The van der Waals surface area contributed by atoms with Gasteiger partial charge in [0.1, 0.15) is 0 Å². The Labute approximate surface area is 107 Å². The van der Waals surface area contributed by atoms with E-state index in [2.05, 4.69) is 17.6 Å². The zero-order valence-corrected chi connectivity index (χ0v) is 11.5. The first kappa shape index (κ1) is 13.4. The van der Waals surface area contributed by atoms with Gasteiger partial charge in [-0.25, -0.2) is 0 Å². The average molecular weight is 238 g/mol. The zero-order valence-electron chi connectivity index (χ0n) is 11.5. The lowest BCUT2D eigenvalue weighted by Gasteiger charge is -2.22. The molecule has 1 aliphatic carbocycles. The summed E-state index contributed by atoms with van der Waals surface area (Å²) in [5, 5.41) is 7.45. The van der Waals surface area contributed by atoms with Gasteiger partial charge in [-0.2, -0.15) is 0 Å². The van der Waals surface area contributed by atoms with Crippen LogP contribution in [0.15, 0.2) is 0 Å². The first-order valence-electron chi connectivity index (χ1n) is 7.81. The predicted molar refractivity (Wildman–Crippen MR) is 74.3 cm³/mol. The Morgan fingerprint density at radius 3 is 2.65 bits per heavy atom. The van der Waals surface area contributed by atoms with Gasteiger partial charge < -0.3 is 10.6 Å². The topological polar surface area (TPSA) is 24.1 Å². The second kappa shape index (κ2) is 7.38. The molecule has 100 valence electrons. The van der Waals surface area contributed by atoms with Crippen molar-refractivity contribution in [2.75, 3.05) is 13.1 Å². The van der Waals surface area contributed by atoms with E-state index in [1.165, 1.54) is 70.9 Å². The predicted octanol–water partition coefficient (Wildman–Crippen LogP) is 3.08. The summed E-state index contributed by atoms with van der Waals surface area (Å²) >= 11 is 0. The second-order valence-corrected chi connectivity index (χ2v) is 6.20. The molecule has 1 saturated heterocycles. The fourth-order valence-corrected chi connectivity index (χ4v) is 3.39. The maximum atomic E-state index is 3.75. The Morgan fingerprint density at radius 1 is 1.06 bits per heavy atom. The Morgan fingerprint density at radius 2 is 1.82 bits per heavy atom. The molecule has 0 bridgehead atoms. The first-order chi connectivity index (χ1) is 8.34. The van der Waals surface area contributed by atoms with E-state index >= 15 is 0 Å². The molecule has 0 spiro atoms. The molecule has 2 nitrogen and oxygen atoms in total. The van der Waals surface area contributed by atoms with Crippen LogP contribution >= 0.6 is 0 Å². The van der Waals surface area contributed by atoms with Gasteiger partial charge >= 0.3 is 0 Å². The van der Waals surface area contributed by atoms with Crippen molar-refractivity contribution in [3.05, 3.63) is 0 Å². The van der Waals surface area contributed by atoms with Gasteiger partial charge in [0.05, 0.1) is 0 Å². The molecule has 2 heteroatoms. The van der Waals surface area contributed by atoms with Gasteiger partial charge in [-0.1, -0.05) is 25.7 Å². The molecule has 0 aromatic heterocycles. The summed E-state index contributed by atoms with van der Waals surface area (Å²) in [4.78, 5) is 0. The summed E-state index contributed by atoms with van der Waals surface area (Å²) in [6.45, 7) is 4.86. The molecule has 0 aromatic rings. The van der Waals surface area contributed by atoms with Gasteiger partial charge in [0, 0.05) is 12.1 Å². The van der Waals surface area contributed by atoms with E-state index in [4.69, 9.17) is 0 Å². The molecule has 0 radical (unpaired) electrons. The molecular weight excluding hydrogens is 208 g/mol. The lowest BCUT2D eigenvalue weighted by molar-refractivity contribution is 0.377. The summed E-state index contributed by atoms with van der Waals surface area (Å²) < 4.78 is 0. The van der Waals surface area contributed by atoms with Crippen LogP contribution in [0.3, 0.4) is 0 Å². The molecule has 0 aromatic carbocycles. The molecule has 1 saturated carbocycles. The summed E-state index contributed by atoms with van der Waals surface area (Å²) in [6.07, 6.45) is 12.8.